The predicted octanol–water partition coefficient (Wildman–Crippen LogP) is 1.07. The summed E-state index contributed by atoms with van der Waals surface area (Å²) in [6, 6.07) is 0.0726. The highest BCUT2D eigenvalue weighted by molar-refractivity contribution is 5.74. The first-order valence-electron chi connectivity index (χ1n) is 5.21. The van der Waals surface area contributed by atoms with Crippen molar-refractivity contribution < 1.29 is 4.79 Å². The summed E-state index contributed by atoms with van der Waals surface area (Å²) in [4.78, 5) is 11.2. The van der Waals surface area contributed by atoms with Crippen LogP contribution in [-0.4, -0.2) is 24.7 Å². The highest BCUT2D eigenvalue weighted by Gasteiger charge is 2.07. The SMILES string of the molecule is CC(C)CC(N)CNC(=O)NC(C)C. The van der Waals surface area contributed by atoms with E-state index in [2.05, 4.69) is 24.5 Å². The summed E-state index contributed by atoms with van der Waals surface area (Å²) in [6.45, 7) is 8.63. The first kappa shape index (κ1) is 13.2. The van der Waals surface area contributed by atoms with Gasteiger partial charge in [-0.2, -0.15) is 0 Å². The van der Waals surface area contributed by atoms with Crippen LogP contribution in [0, 0.1) is 5.92 Å². The third-order valence-corrected chi connectivity index (χ3v) is 1.72. The summed E-state index contributed by atoms with van der Waals surface area (Å²) in [5.74, 6) is 0.569. The smallest absolute Gasteiger partial charge is 0.315 e. The van der Waals surface area contributed by atoms with Crippen LogP contribution < -0.4 is 16.4 Å². The highest BCUT2D eigenvalue weighted by Crippen LogP contribution is 2.01. The molecule has 0 fully saturated rings. The van der Waals surface area contributed by atoms with Gasteiger partial charge in [-0.25, -0.2) is 4.79 Å². The van der Waals surface area contributed by atoms with Gasteiger partial charge in [-0.15, -0.1) is 0 Å². The molecule has 1 atom stereocenters. The van der Waals surface area contributed by atoms with E-state index in [-0.39, 0.29) is 18.1 Å². The molecule has 0 aliphatic carbocycles. The van der Waals surface area contributed by atoms with Crippen LogP contribution in [0.4, 0.5) is 4.79 Å². The normalized spacial score (nSPS) is 13.1. The lowest BCUT2D eigenvalue weighted by atomic mass is 10.0. The lowest BCUT2D eigenvalue weighted by molar-refractivity contribution is 0.237. The molecule has 4 nitrogen and oxygen atoms in total. The van der Waals surface area contributed by atoms with Gasteiger partial charge < -0.3 is 16.4 Å². The van der Waals surface area contributed by atoms with E-state index in [4.69, 9.17) is 5.73 Å². The van der Waals surface area contributed by atoms with Gasteiger partial charge in [0.15, 0.2) is 0 Å². The van der Waals surface area contributed by atoms with Gasteiger partial charge in [0.05, 0.1) is 0 Å². The van der Waals surface area contributed by atoms with E-state index in [1.165, 1.54) is 0 Å². The van der Waals surface area contributed by atoms with Gasteiger partial charge in [0, 0.05) is 18.6 Å². The van der Waals surface area contributed by atoms with Crippen LogP contribution in [0.25, 0.3) is 0 Å². The molecule has 4 N–H and O–H groups in total. The Balaban J connectivity index is 3.56. The number of carbonyl (C=O) groups excluding carboxylic acids is 1. The zero-order valence-corrected chi connectivity index (χ0v) is 9.63. The molecule has 1 unspecified atom stereocenters. The maximum Gasteiger partial charge on any atom is 0.315 e. The molecule has 0 saturated heterocycles. The summed E-state index contributed by atoms with van der Waals surface area (Å²) in [6.07, 6.45) is 0.932. The van der Waals surface area contributed by atoms with Crippen LogP contribution in [0.15, 0.2) is 0 Å². The van der Waals surface area contributed by atoms with Crippen molar-refractivity contribution in [3.8, 4) is 0 Å². The van der Waals surface area contributed by atoms with E-state index in [0.717, 1.165) is 6.42 Å². The maximum absolute atomic E-state index is 11.2. The molecule has 0 aromatic heterocycles. The topological polar surface area (TPSA) is 67.1 Å². The molecule has 4 heteroatoms. The van der Waals surface area contributed by atoms with Crippen LogP contribution in [0.2, 0.25) is 0 Å². The Labute approximate surface area is 86.6 Å². The van der Waals surface area contributed by atoms with Gasteiger partial charge in [0.25, 0.3) is 0 Å². The Bertz CT molecular complexity index is 169. The van der Waals surface area contributed by atoms with Gasteiger partial charge in [-0.05, 0) is 26.2 Å². The average Bonchev–Trinajstić information content (AvgIpc) is 1.98. The van der Waals surface area contributed by atoms with Crippen molar-refractivity contribution in [2.75, 3.05) is 6.54 Å². The van der Waals surface area contributed by atoms with Crippen molar-refractivity contribution in [2.45, 2.75) is 46.2 Å². The first-order valence-corrected chi connectivity index (χ1v) is 5.21. The largest absolute Gasteiger partial charge is 0.337 e. The Morgan fingerprint density at radius 1 is 1.29 bits per heavy atom. The lowest BCUT2D eigenvalue weighted by Gasteiger charge is -2.16. The summed E-state index contributed by atoms with van der Waals surface area (Å²) in [5, 5.41) is 5.49. The molecule has 0 heterocycles. The fourth-order valence-electron chi connectivity index (χ4n) is 1.23. The fraction of sp³-hybridized carbons (Fsp3) is 0.900. The van der Waals surface area contributed by atoms with Crippen LogP contribution in [-0.2, 0) is 0 Å². The summed E-state index contributed by atoms with van der Waals surface area (Å²) < 4.78 is 0. The molecule has 84 valence electrons. The van der Waals surface area contributed by atoms with E-state index in [0.29, 0.717) is 12.5 Å². The second-order valence-electron chi connectivity index (χ2n) is 4.40. The third-order valence-electron chi connectivity index (χ3n) is 1.72. The van der Waals surface area contributed by atoms with Crippen LogP contribution in [0.5, 0.6) is 0 Å². The standard InChI is InChI=1S/C10H23N3O/c1-7(2)5-9(11)6-12-10(14)13-8(3)4/h7-9H,5-6,11H2,1-4H3,(H2,12,13,14). The number of amides is 2. The molecular weight excluding hydrogens is 178 g/mol. The van der Waals surface area contributed by atoms with Crippen molar-refractivity contribution in [2.24, 2.45) is 11.7 Å². The Morgan fingerprint density at radius 2 is 1.86 bits per heavy atom. The molecule has 0 saturated carbocycles. The number of rotatable bonds is 5. The van der Waals surface area contributed by atoms with E-state index in [9.17, 15) is 4.79 Å². The van der Waals surface area contributed by atoms with E-state index >= 15 is 0 Å². The summed E-state index contributed by atoms with van der Waals surface area (Å²) in [5.41, 5.74) is 5.81. The molecule has 0 aromatic rings. The summed E-state index contributed by atoms with van der Waals surface area (Å²) in [7, 11) is 0. The molecule has 0 aliphatic heterocycles. The van der Waals surface area contributed by atoms with Crippen LogP contribution in [0.3, 0.4) is 0 Å². The quantitative estimate of drug-likeness (QED) is 0.623. The van der Waals surface area contributed by atoms with E-state index in [1.54, 1.807) is 0 Å². The Kier molecular flexibility index (Phi) is 6.28. The number of nitrogens with one attached hydrogen (secondary N) is 2. The maximum atomic E-state index is 11.2. The minimum atomic E-state index is -0.140. The molecule has 0 radical (unpaired) electrons. The Hall–Kier alpha value is -0.770. The van der Waals surface area contributed by atoms with Crippen LogP contribution >= 0.6 is 0 Å². The van der Waals surface area contributed by atoms with Crippen molar-refractivity contribution in [1.82, 2.24) is 10.6 Å². The van der Waals surface area contributed by atoms with Crippen LogP contribution in [0.1, 0.15) is 34.1 Å². The molecule has 0 spiro atoms. The zero-order valence-electron chi connectivity index (χ0n) is 9.63. The minimum Gasteiger partial charge on any atom is -0.337 e. The predicted molar refractivity (Wildman–Crippen MR) is 59.1 cm³/mol. The molecule has 0 rings (SSSR count). The molecule has 0 aliphatic rings. The molecule has 2 amide bonds. The number of carbonyl (C=O) groups is 1. The van der Waals surface area contributed by atoms with Crippen molar-refractivity contribution in [3.05, 3.63) is 0 Å². The minimum absolute atomic E-state index is 0.0490. The highest BCUT2D eigenvalue weighted by atomic mass is 16.2. The van der Waals surface area contributed by atoms with E-state index < -0.39 is 0 Å². The van der Waals surface area contributed by atoms with Crippen molar-refractivity contribution >= 4 is 6.03 Å². The fourth-order valence-corrected chi connectivity index (χ4v) is 1.23. The van der Waals surface area contributed by atoms with Crippen molar-refractivity contribution in [1.29, 1.82) is 0 Å². The molecule has 0 aromatic carbocycles. The zero-order chi connectivity index (χ0) is 11.1. The van der Waals surface area contributed by atoms with Gasteiger partial charge >= 0.3 is 6.03 Å². The third kappa shape index (κ3) is 7.86. The molecular formula is C10H23N3O. The average molecular weight is 201 g/mol. The number of urea groups is 1. The van der Waals surface area contributed by atoms with Gasteiger partial charge in [-0.3, -0.25) is 0 Å². The van der Waals surface area contributed by atoms with Gasteiger partial charge in [-0.1, -0.05) is 13.8 Å². The van der Waals surface area contributed by atoms with Gasteiger partial charge in [0.1, 0.15) is 0 Å². The number of hydrogen-bond acceptors (Lipinski definition) is 2. The van der Waals surface area contributed by atoms with Gasteiger partial charge in [0.2, 0.25) is 0 Å². The molecule has 0 bridgehead atoms. The van der Waals surface area contributed by atoms with E-state index in [1.807, 2.05) is 13.8 Å². The summed E-state index contributed by atoms with van der Waals surface area (Å²) >= 11 is 0. The second kappa shape index (κ2) is 6.65. The number of nitrogens with two attached hydrogens (primary N) is 1. The first-order chi connectivity index (χ1) is 6.41. The monoisotopic (exact) mass is 201 g/mol. The number of hydrogen-bond donors (Lipinski definition) is 3. The second-order valence-corrected chi connectivity index (χ2v) is 4.40. The Morgan fingerprint density at radius 3 is 2.29 bits per heavy atom. The lowest BCUT2D eigenvalue weighted by Crippen LogP contribution is -2.44. The van der Waals surface area contributed by atoms with Crippen molar-refractivity contribution in [3.63, 3.8) is 0 Å². The molecule has 14 heavy (non-hydrogen) atoms.